The fraction of sp³-hybridized carbons (Fsp3) is 0.444. The molecule has 0 aliphatic rings. The molecule has 0 aliphatic heterocycles. The molecular weight excluding hydrogens is 172 g/mol. The van der Waals surface area contributed by atoms with E-state index in [2.05, 4.69) is 17.9 Å². The molecule has 4 nitrogen and oxygen atoms in total. The molecular formula is C9H14O4. The molecule has 0 N–H and O–H groups in total. The Morgan fingerprint density at radius 3 is 2.69 bits per heavy atom. The topological polar surface area (TPSA) is 44.8 Å². The number of hydrogen-bond donors (Lipinski definition) is 0. The highest BCUT2D eigenvalue weighted by Gasteiger charge is 2.00. The third-order valence-corrected chi connectivity index (χ3v) is 1.13. The predicted molar refractivity (Wildman–Crippen MR) is 47.9 cm³/mol. The minimum atomic E-state index is -0.458. The van der Waals surface area contributed by atoms with Crippen LogP contribution in [0.1, 0.15) is 6.92 Å². The molecule has 0 aromatic carbocycles. The van der Waals surface area contributed by atoms with Gasteiger partial charge in [-0.15, -0.1) is 0 Å². The first kappa shape index (κ1) is 11.7. The molecule has 0 aliphatic carbocycles. The molecule has 0 bridgehead atoms. The van der Waals surface area contributed by atoms with Crippen LogP contribution in [0.2, 0.25) is 0 Å². The lowest BCUT2D eigenvalue weighted by molar-refractivity contribution is -0.144. The van der Waals surface area contributed by atoms with Gasteiger partial charge in [0, 0.05) is 6.08 Å². The van der Waals surface area contributed by atoms with Crippen molar-refractivity contribution in [2.24, 2.45) is 0 Å². The minimum absolute atomic E-state index is 0.190. The van der Waals surface area contributed by atoms with Crippen molar-refractivity contribution in [3.63, 3.8) is 0 Å². The van der Waals surface area contributed by atoms with E-state index in [9.17, 15) is 4.79 Å². The van der Waals surface area contributed by atoms with Gasteiger partial charge in [0.15, 0.2) is 6.29 Å². The van der Waals surface area contributed by atoms with Gasteiger partial charge in [0.05, 0.1) is 12.9 Å². The third kappa shape index (κ3) is 7.08. The third-order valence-electron chi connectivity index (χ3n) is 1.13. The molecule has 0 saturated carbocycles. The monoisotopic (exact) mass is 186 g/mol. The van der Waals surface area contributed by atoms with E-state index < -0.39 is 5.97 Å². The van der Waals surface area contributed by atoms with Gasteiger partial charge in [-0.1, -0.05) is 13.2 Å². The molecule has 0 rings (SSSR count). The molecule has 0 saturated heterocycles. The summed E-state index contributed by atoms with van der Waals surface area (Å²) in [6.07, 6.45) is 2.02. The smallest absolute Gasteiger partial charge is 0.330 e. The Kier molecular flexibility index (Phi) is 6.63. The van der Waals surface area contributed by atoms with Crippen LogP contribution >= 0.6 is 0 Å². The van der Waals surface area contributed by atoms with Crippen LogP contribution in [-0.2, 0) is 19.0 Å². The molecule has 1 unspecified atom stereocenters. The van der Waals surface area contributed by atoms with Crippen molar-refractivity contribution in [2.75, 3.05) is 13.2 Å². The van der Waals surface area contributed by atoms with Crippen molar-refractivity contribution in [1.29, 1.82) is 0 Å². The van der Waals surface area contributed by atoms with Crippen LogP contribution in [0.15, 0.2) is 25.5 Å². The minimum Gasteiger partial charge on any atom is -0.473 e. The zero-order valence-electron chi connectivity index (χ0n) is 7.69. The Labute approximate surface area is 77.8 Å². The summed E-state index contributed by atoms with van der Waals surface area (Å²) in [5.41, 5.74) is 0. The van der Waals surface area contributed by atoms with Crippen LogP contribution in [0.25, 0.3) is 0 Å². The first-order valence-electron chi connectivity index (χ1n) is 3.88. The molecule has 0 aromatic heterocycles. The maximum Gasteiger partial charge on any atom is 0.330 e. The van der Waals surface area contributed by atoms with Gasteiger partial charge < -0.3 is 14.2 Å². The average molecular weight is 186 g/mol. The fourth-order valence-corrected chi connectivity index (χ4v) is 0.590. The maximum atomic E-state index is 10.5. The Hall–Kier alpha value is -1.29. The summed E-state index contributed by atoms with van der Waals surface area (Å²) in [6.45, 7) is 8.82. The standard InChI is InChI=1S/C9H14O4/c1-4-9(10)13-7-6-12-8(3)11-5-2/h4-5,8H,1-2,6-7H2,3H3. The normalized spacial score (nSPS) is 11.5. The summed E-state index contributed by atoms with van der Waals surface area (Å²) in [5, 5.41) is 0. The summed E-state index contributed by atoms with van der Waals surface area (Å²) >= 11 is 0. The zero-order valence-corrected chi connectivity index (χ0v) is 7.69. The summed E-state index contributed by atoms with van der Waals surface area (Å²) in [7, 11) is 0. The predicted octanol–water partition coefficient (Wildman–Crippen LogP) is 1.24. The molecule has 13 heavy (non-hydrogen) atoms. The second-order valence-electron chi connectivity index (χ2n) is 2.11. The lowest BCUT2D eigenvalue weighted by atomic mass is 10.6. The highest BCUT2D eigenvalue weighted by atomic mass is 16.7. The maximum absolute atomic E-state index is 10.5. The van der Waals surface area contributed by atoms with E-state index in [1.807, 2.05) is 0 Å². The number of rotatable bonds is 7. The van der Waals surface area contributed by atoms with Crippen molar-refractivity contribution in [3.8, 4) is 0 Å². The van der Waals surface area contributed by atoms with E-state index in [-0.39, 0.29) is 19.5 Å². The SMILES string of the molecule is C=COC(C)OCCOC(=O)C=C. The van der Waals surface area contributed by atoms with Gasteiger partial charge in [-0.2, -0.15) is 0 Å². The van der Waals surface area contributed by atoms with Gasteiger partial charge in [0.2, 0.25) is 0 Å². The lowest BCUT2D eigenvalue weighted by Gasteiger charge is -2.11. The van der Waals surface area contributed by atoms with Crippen molar-refractivity contribution in [3.05, 3.63) is 25.5 Å². The number of carbonyl (C=O) groups is 1. The molecule has 1 atom stereocenters. The summed E-state index contributed by atoms with van der Waals surface area (Å²) in [4.78, 5) is 10.5. The van der Waals surface area contributed by atoms with E-state index in [1.54, 1.807) is 6.92 Å². The van der Waals surface area contributed by atoms with Crippen molar-refractivity contribution in [1.82, 2.24) is 0 Å². The Morgan fingerprint density at radius 2 is 2.15 bits per heavy atom. The quantitative estimate of drug-likeness (QED) is 0.197. The summed E-state index contributed by atoms with van der Waals surface area (Å²) in [6, 6.07) is 0. The largest absolute Gasteiger partial charge is 0.473 e. The van der Waals surface area contributed by atoms with Crippen LogP contribution in [0, 0.1) is 0 Å². The molecule has 0 spiro atoms. The van der Waals surface area contributed by atoms with Crippen molar-refractivity contribution >= 4 is 5.97 Å². The van der Waals surface area contributed by atoms with Gasteiger partial charge in [0.25, 0.3) is 0 Å². The van der Waals surface area contributed by atoms with Crippen molar-refractivity contribution in [2.45, 2.75) is 13.2 Å². The number of hydrogen-bond acceptors (Lipinski definition) is 4. The fourth-order valence-electron chi connectivity index (χ4n) is 0.590. The number of ether oxygens (including phenoxy) is 3. The molecule has 4 heteroatoms. The highest BCUT2D eigenvalue weighted by Crippen LogP contribution is 1.93. The zero-order chi connectivity index (χ0) is 10.1. The van der Waals surface area contributed by atoms with Crippen LogP contribution in [-0.4, -0.2) is 25.5 Å². The first-order valence-corrected chi connectivity index (χ1v) is 3.88. The van der Waals surface area contributed by atoms with Gasteiger partial charge in [-0.05, 0) is 6.92 Å². The number of carbonyl (C=O) groups excluding carboxylic acids is 1. The Bertz CT molecular complexity index is 176. The van der Waals surface area contributed by atoms with Gasteiger partial charge >= 0.3 is 5.97 Å². The molecule has 0 amide bonds. The molecule has 0 fully saturated rings. The molecule has 0 radical (unpaired) electrons. The average Bonchev–Trinajstić information content (AvgIpc) is 2.12. The first-order chi connectivity index (χ1) is 6.20. The molecule has 0 heterocycles. The van der Waals surface area contributed by atoms with E-state index in [0.717, 1.165) is 6.08 Å². The van der Waals surface area contributed by atoms with Crippen LogP contribution in [0.3, 0.4) is 0 Å². The van der Waals surface area contributed by atoms with E-state index in [0.29, 0.717) is 0 Å². The second kappa shape index (κ2) is 7.36. The van der Waals surface area contributed by atoms with E-state index in [1.165, 1.54) is 6.26 Å². The van der Waals surface area contributed by atoms with Crippen LogP contribution in [0.5, 0.6) is 0 Å². The second-order valence-corrected chi connectivity index (χ2v) is 2.11. The Balaban J connectivity index is 3.29. The Morgan fingerprint density at radius 1 is 1.46 bits per heavy atom. The molecule has 0 aromatic rings. The molecule has 74 valence electrons. The summed E-state index contributed by atoms with van der Waals surface area (Å²) in [5.74, 6) is -0.458. The van der Waals surface area contributed by atoms with E-state index in [4.69, 9.17) is 9.47 Å². The lowest BCUT2D eigenvalue weighted by Crippen LogP contribution is -2.15. The van der Waals surface area contributed by atoms with Gasteiger partial charge in [0.1, 0.15) is 6.61 Å². The van der Waals surface area contributed by atoms with Crippen molar-refractivity contribution < 1.29 is 19.0 Å². The van der Waals surface area contributed by atoms with Crippen LogP contribution in [0.4, 0.5) is 0 Å². The highest BCUT2D eigenvalue weighted by molar-refractivity contribution is 5.81. The van der Waals surface area contributed by atoms with Gasteiger partial charge in [-0.25, -0.2) is 4.79 Å². The van der Waals surface area contributed by atoms with Gasteiger partial charge in [-0.3, -0.25) is 0 Å². The van der Waals surface area contributed by atoms with E-state index >= 15 is 0 Å². The van der Waals surface area contributed by atoms with Crippen LogP contribution < -0.4 is 0 Å². The summed E-state index contributed by atoms with van der Waals surface area (Å²) < 4.78 is 14.6. The number of esters is 1.